The minimum atomic E-state index is -3.59. The third-order valence-electron chi connectivity index (χ3n) is 5.29. The zero-order valence-corrected chi connectivity index (χ0v) is 21.9. The number of carbonyl (C=O) groups excluding carboxylic acids is 1. The Balaban J connectivity index is 1.97. The molecule has 1 aromatic heterocycles. The van der Waals surface area contributed by atoms with E-state index in [0.29, 0.717) is 36.6 Å². The van der Waals surface area contributed by atoms with E-state index in [2.05, 4.69) is 11.9 Å². The van der Waals surface area contributed by atoms with Crippen LogP contribution < -0.4 is 9.54 Å². The number of aromatic nitrogens is 1. The van der Waals surface area contributed by atoms with Gasteiger partial charge in [-0.15, -0.1) is 0 Å². The van der Waals surface area contributed by atoms with E-state index in [4.69, 9.17) is 4.74 Å². The molecular formula is C25H33N3O4S2. The number of amides is 1. The highest BCUT2D eigenvalue weighted by Gasteiger charge is 2.23. The van der Waals surface area contributed by atoms with Crippen LogP contribution in [0.3, 0.4) is 0 Å². The second-order valence-electron chi connectivity index (χ2n) is 7.92. The van der Waals surface area contributed by atoms with Crippen LogP contribution in [0.5, 0.6) is 5.75 Å². The number of aryl methyl sites for hydroxylation is 1. The predicted molar refractivity (Wildman–Crippen MR) is 137 cm³/mol. The highest BCUT2D eigenvalue weighted by molar-refractivity contribution is 7.89. The smallest absolute Gasteiger partial charge is 0.279 e. The molecule has 0 atom stereocenters. The largest absolute Gasteiger partial charge is 0.492 e. The summed E-state index contributed by atoms with van der Waals surface area (Å²) < 4.78 is 36.3. The number of hydrogen-bond acceptors (Lipinski definition) is 5. The van der Waals surface area contributed by atoms with E-state index in [1.54, 1.807) is 0 Å². The van der Waals surface area contributed by atoms with Gasteiger partial charge in [0.15, 0.2) is 4.80 Å². The van der Waals surface area contributed by atoms with E-state index in [1.807, 2.05) is 43.5 Å². The molecule has 0 spiro atoms. The monoisotopic (exact) mass is 503 g/mol. The number of nitrogens with zero attached hydrogens (tertiary/aromatic N) is 3. The number of para-hydroxylation sites is 1. The Bertz CT molecular complexity index is 1290. The Morgan fingerprint density at radius 1 is 1.00 bits per heavy atom. The molecule has 184 valence electrons. The Morgan fingerprint density at radius 3 is 2.26 bits per heavy atom. The van der Waals surface area contributed by atoms with Gasteiger partial charge in [-0.05, 0) is 62.6 Å². The Labute approximate surface area is 205 Å². The summed E-state index contributed by atoms with van der Waals surface area (Å²) in [6.45, 7) is 10.1. The van der Waals surface area contributed by atoms with E-state index in [9.17, 15) is 13.2 Å². The molecule has 0 saturated carbocycles. The van der Waals surface area contributed by atoms with Gasteiger partial charge >= 0.3 is 0 Å². The molecular weight excluding hydrogens is 470 g/mol. The molecule has 1 heterocycles. The number of thiazole rings is 1. The van der Waals surface area contributed by atoms with Gasteiger partial charge < -0.3 is 9.30 Å². The molecule has 0 fully saturated rings. The molecule has 3 aromatic rings. The summed E-state index contributed by atoms with van der Waals surface area (Å²) in [7, 11) is -3.59. The average molecular weight is 504 g/mol. The van der Waals surface area contributed by atoms with Crippen molar-refractivity contribution < 1.29 is 17.9 Å². The minimum absolute atomic E-state index is 0.190. The van der Waals surface area contributed by atoms with E-state index < -0.39 is 15.9 Å². The summed E-state index contributed by atoms with van der Waals surface area (Å²) in [5.41, 5.74) is 1.29. The van der Waals surface area contributed by atoms with Crippen molar-refractivity contribution in [3.05, 3.63) is 52.8 Å². The van der Waals surface area contributed by atoms with Crippen LogP contribution in [0.4, 0.5) is 0 Å². The first-order valence-corrected chi connectivity index (χ1v) is 14.1. The molecule has 0 saturated heterocycles. The lowest BCUT2D eigenvalue weighted by atomic mass is 10.2. The molecule has 0 unspecified atom stereocenters. The van der Waals surface area contributed by atoms with Gasteiger partial charge in [0.05, 0.1) is 16.2 Å². The number of fused-ring (bicyclic) bond motifs is 1. The number of rotatable bonds is 11. The second kappa shape index (κ2) is 11.8. The van der Waals surface area contributed by atoms with Gasteiger partial charge in [-0.25, -0.2) is 8.42 Å². The third-order valence-corrected chi connectivity index (χ3v) is 8.25. The Morgan fingerprint density at radius 2 is 1.68 bits per heavy atom. The fraction of sp³-hybridized carbons (Fsp3) is 0.440. The molecule has 0 radical (unpaired) electrons. The van der Waals surface area contributed by atoms with E-state index in [-0.39, 0.29) is 4.90 Å². The van der Waals surface area contributed by atoms with Crippen molar-refractivity contribution in [1.82, 2.24) is 8.87 Å². The zero-order chi connectivity index (χ0) is 24.7. The van der Waals surface area contributed by atoms with Gasteiger partial charge in [0.25, 0.3) is 5.91 Å². The number of hydrogen-bond donors (Lipinski definition) is 0. The van der Waals surface area contributed by atoms with Gasteiger partial charge in [-0.1, -0.05) is 38.2 Å². The third kappa shape index (κ3) is 5.59. The molecule has 0 aliphatic heterocycles. The van der Waals surface area contributed by atoms with Crippen molar-refractivity contribution in [1.29, 1.82) is 0 Å². The van der Waals surface area contributed by atoms with Crippen LogP contribution in [0.25, 0.3) is 10.2 Å². The highest BCUT2D eigenvalue weighted by Crippen LogP contribution is 2.28. The van der Waals surface area contributed by atoms with Crippen molar-refractivity contribution in [2.75, 3.05) is 19.7 Å². The molecule has 0 bridgehead atoms. The summed E-state index contributed by atoms with van der Waals surface area (Å²) in [5, 5.41) is 0. The molecule has 0 aliphatic carbocycles. The number of sulfonamides is 1. The van der Waals surface area contributed by atoms with Crippen LogP contribution in [-0.2, 0) is 16.6 Å². The summed E-state index contributed by atoms with van der Waals surface area (Å²) >= 11 is 1.44. The van der Waals surface area contributed by atoms with Crippen LogP contribution in [0.1, 0.15) is 57.3 Å². The maximum Gasteiger partial charge on any atom is 0.279 e. The molecule has 34 heavy (non-hydrogen) atoms. The first-order chi connectivity index (χ1) is 16.4. The fourth-order valence-electron chi connectivity index (χ4n) is 3.81. The molecule has 9 heteroatoms. The van der Waals surface area contributed by atoms with Crippen LogP contribution in [0.15, 0.2) is 52.4 Å². The lowest BCUT2D eigenvalue weighted by molar-refractivity contribution is 0.0997. The summed E-state index contributed by atoms with van der Waals surface area (Å²) in [5.74, 6) is 0.370. The summed E-state index contributed by atoms with van der Waals surface area (Å²) in [6.07, 6.45) is 2.37. The lowest BCUT2D eigenvalue weighted by Crippen LogP contribution is -2.32. The zero-order valence-electron chi connectivity index (χ0n) is 20.3. The fourth-order valence-corrected chi connectivity index (χ4v) is 6.50. The quantitative estimate of drug-likeness (QED) is 0.366. The van der Waals surface area contributed by atoms with Crippen LogP contribution in [0.2, 0.25) is 0 Å². The molecule has 0 N–H and O–H groups in total. The van der Waals surface area contributed by atoms with Crippen molar-refractivity contribution >= 4 is 37.5 Å². The maximum absolute atomic E-state index is 13.0. The molecule has 1 amide bonds. The number of ether oxygens (including phenoxy) is 1. The van der Waals surface area contributed by atoms with E-state index >= 15 is 0 Å². The summed E-state index contributed by atoms with van der Waals surface area (Å²) in [4.78, 5) is 18.2. The van der Waals surface area contributed by atoms with Crippen LogP contribution in [0, 0.1) is 0 Å². The van der Waals surface area contributed by atoms with Crippen LogP contribution in [-0.4, -0.2) is 42.9 Å². The maximum atomic E-state index is 13.0. The standard InChI is InChI=1S/C25H33N3O4S2/c1-5-16-27(17-6-2)34(30,31)20-14-12-19(13-15-20)24(29)26-25-28(18-7-3)23-21(32-8-4)10-9-11-22(23)33-25/h9-15H,5-8,16-18H2,1-4H3. The average Bonchev–Trinajstić information content (AvgIpc) is 3.17. The van der Waals surface area contributed by atoms with Crippen molar-refractivity contribution in [3.8, 4) is 5.75 Å². The normalized spacial score (nSPS) is 12.6. The van der Waals surface area contributed by atoms with Crippen LogP contribution >= 0.6 is 11.3 Å². The van der Waals surface area contributed by atoms with E-state index in [1.165, 1.54) is 39.9 Å². The van der Waals surface area contributed by atoms with Gasteiger partial charge in [-0.2, -0.15) is 9.30 Å². The minimum Gasteiger partial charge on any atom is -0.492 e. The van der Waals surface area contributed by atoms with Crippen molar-refractivity contribution in [3.63, 3.8) is 0 Å². The van der Waals surface area contributed by atoms with Gasteiger partial charge in [0.2, 0.25) is 10.0 Å². The molecule has 3 rings (SSSR count). The number of carbonyl (C=O) groups is 1. The van der Waals surface area contributed by atoms with Crippen molar-refractivity contribution in [2.24, 2.45) is 4.99 Å². The lowest BCUT2D eigenvalue weighted by Gasteiger charge is -2.21. The van der Waals surface area contributed by atoms with Crippen molar-refractivity contribution in [2.45, 2.75) is 58.4 Å². The second-order valence-corrected chi connectivity index (χ2v) is 10.9. The van der Waals surface area contributed by atoms with Gasteiger partial charge in [0.1, 0.15) is 11.3 Å². The van der Waals surface area contributed by atoms with E-state index in [0.717, 1.165) is 35.2 Å². The molecule has 7 nitrogen and oxygen atoms in total. The first-order valence-electron chi connectivity index (χ1n) is 11.8. The topological polar surface area (TPSA) is 81.0 Å². The molecule has 0 aliphatic rings. The highest BCUT2D eigenvalue weighted by atomic mass is 32.2. The first kappa shape index (κ1) is 26.1. The number of benzene rings is 2. The predicted octanol–water partition coefficient (Wildman–Crippen LogP) is 5.06. The van der Waals surface area contributed by atoms with Gasteiger partial charge in [-0.3, -0.25) is 4.79 Å². The Hall–Kier alpha value is -2.49. The SMILES string of the molecule is CCCN(CCC)S(=O)(=O)c1ccc(C(=O)N=c2sc3cccc(OCC)c3n2CCC)cc1. The van der Waals surface area contributed by atoms with Gasteiger partial charge in [0, 0.05) is 25.2 Å². The molecule has 2 aromatic carbocycles. The Kier molecular flexibility index (Phi) is 9.04. The summed E-state index contributed by atoms with van der Waals surface area (Å²) in [6, 6.07) is 11.9.